The number of carbonyl (C=O) groups excluding carboxylic acids is 1. The zero-order valence-electron chi connectivity index (χ0n) is 10.8. The van der Waals surface area contributed by atoms with Gasteiger partial charge in [0.1, 0.15) is 5.69 Å². The maximum atomic E-state index is 12.0. The lowest BCUT2D eigenvalue weighted by atomic mass is 10.0. The van der Waals surface area contributed by atoms with Gasteiger partial charge in [0, 0.05) is 24.0 Å². The molecule has 0 radical (unpaired) electrons. The van der Waals surface area contributed by atoms with E-state index in [4.69, 9.17) is 0 Å². The van der Waals surface area contributed by atoms with Gasteiger partial charge in [-0.25, -0.2) is 5.10 Å². The maximum Gasteiger partial charge on any atom is 0.276 e. The number of carbonyl (C=O) groups is 1. The summed E-state index contributed by atoms with van der Waals surface area (Å²) in [6, 6.07) is 8.46. The molecule has 0 unspecified atom stereocenters. The summed E-state index contributed by atoms with van der Waals surface area (Å²) < 4.78 is 0. The Morgan fingerprint density at radius 1 is 1.25 bits per heavy atom. The fourth-order valence-electron chi connectivity index (χ4n) is 2.20. The first kappa shape index (κ1) is 12.4. The van der Waals surface area contributed by atoms with E-state index in [1.54, 1.807) is 0 Å². The molecule has 1 aliphatic rings. The van der Waals surface area contributed by atoms with Crippen molar-refractivity contribution in [1.29, 1.82) is 0 Å². The van der Waals surface area contributed by atoms with Crippen molar-refractivity contribution in [1.82, 2.24) is 10.2 Å². The third-order valence-corrected chi connectivity index (χ3v) is 3.22. The smallest absolute Gasteiger partial charge is 0.276 e. The third-order valence-electron chi connectivity index (χ3n) is 3.22. The average molecular weight is 270 g/mol. The molecule has 1 aromatic heterocycles. The summed E-state index contributed by atoms with van der Waals surface area (Å²) in [5.41, 5.74) is 2.87. The number of anilines is 2. The monoisotopic (exact) mass is 270 g/mol. The number of benzene rings is 1. The molecule has 6 nitrogen and oxygen atoms in total. The molecule has 0 saturated heterocycles. The molecular weight excluding hydrogens is 256 g/mol. The maximum absolute atomic E-state index is 12.0. The highest BCUT2D eigenvalue weighted by Crippen LogP contribution is 2.25. The van der Waals surface area contributed by atoms with Crippen molar-refractivity contribution in [2.45, 2.75) is 12.8 Å². The first-order valence-corrected chi connectivity index (χ1v) is 6.46. The van der Waals surface area contributed by atoms with E-state index in [0.29, 0.717) is 5.69 Å². The van der Waals surface area contributed by atoms with E-state index < -0.39 is 0 Å². The summed E-state index contributed by atoms with van der Waals surface area (Å²) in [6.07, 6.45) is 2.18. The first-order valence-electron chi connectivity index (χ1n) is 6.46. The van der Waals surface area contributed by atoms with Crippen molar-refractivity contribution in [3.05, 3.63) is 51.9 Å². The van der Waals surface area contributed by atoms with E-state index in [1.807, 2.05) is 18.2 Å². The SMILES string of the molecule is O=C(Nc1ccc2c(c1)NCCC2)c1ccc(=O)[nH]n1. The zero-order valence-corrected chi connectivity index (χ0v) is 10.8. The second-order valence-electron chi connectivity index (χ2n) is 4.66. The Bertz CT molecular complexity index is 688. The van der Waals surface area contributed by atoms with Crippen LogP contribution in [-0.4, -0.2) is 22.6 Å². The van der Waals surface area contributed by atoms with Crippen LogP contribution in [0.25, 0.3) is 0 Å². The van der Waals surface area contributed by atoms with Gasteiger partial charge < -0.3 is 10.6 Å². The van der Waals surface area contributed by atoms with Gasteiger partial charge in [0.25, 0.3) is 11.5 Å². The molecule has 0 bridgehead atoms. The van der Waals surface area contributed by atoms with Crippen LogP contribution in [0.15, 0.2) is 35.1 Å². The number of amides is 1. The number of hydrogen-bond donors (Lipinski definition) is 3. The number of aromatic nitrogens is 2. The number of aryl methyl sites for hydroxylation is 1. The number of rotatable bonds is 2. The molecule has 0 fully saturated rings. The van der Waals surface area contributed by atoms with Crippen molar-refractivity contribution in [3.8, 4) is 0 Å². The molecule has 1 aliphatic heterocycles. The Morgan fingerprint density at radius 3 is 2.95 bits per heavy atom. The lowest BCUT2D eigenvalue weighted by molar-refractivity contribution is 0.102. The Labute approximate surface area is 115 Å². The van der Waals surface area contributed by atoms with Crippen LogP contribution in [0.1, 0.15) is 22.5 Å². The minimum absolute atomic E-state index is 0.176. The topological polar surface area (TPSA) is 86.9 Å². The van der Waals surface area contributed by atoms with E-state index in [2.05, 4.69) is 20.8 Å². The largest absolute Gasteiger partial charge is 0.385 e. The van der Waals surface area contributed by atoms with E-state index in [9.17, 15) is 9.59 Å². The standard InChI is InChI=1S/C14H14N4O2/c19-13-6-5-11(17-18-13)14(20)16-10-4-3-9-2-1-7-15-12(9)8-10/h3-6,8,15H,1-2,7H2,(H,16,20)(H,18,19). The van der Waals surface area contributed by atoms with Crippen LogP contribution in [0.4, 0.5) is 11.4 Å². The average Bonchev–Trinajstić information content (AvgIpc) is 2.48. The van der Waals surface area contributed by atoms with Crippen molar-refractivity contribution < 1.29 is 4.79 Å². The highest BCUT2D eigenvalue weighted by atomic mass is 16.2. The van der Waals surface area contributed by atoms with Crippen molar-refractivity contribution in [3.63, 3.8) is 0 Å². The number of nitrogens with zero attached hydrogens (tertiary/aromatic N) is 1. The summed E-state index contributed by atoms with van der Waals surface area (Å²) in [4.78, 5) is 22.9. The fraction of sp³-hybridized carbons (Fsp3) is 0.214. The predicted octanol–water partition coefficient (Wildman–Crippen LogP) is 1.38. The van der Waals surface area contributed by atoms with Crippen LogP contribution in [0.5, 0.6) is 0 Å². The fourth-order valence-corrected chi connectivity index (χ4v) is 2.20. The highest BCUT2D eigenvalue weighted by molar-refractivity contribution is 6.03. The molecule has 0 aliphatic carbocycles. The Hall–Kier alpha value is -2.63. The Kier molecular flexibility index (Phi) is 3.20. The molecule has 2 heterocycles. The molecule has 0 saturated carbocycles. The molecule has 6 heteroatoms. The summed E-state index contributed by atoms with van der Waals surface area (Å²) in [6.45, 7) is 0.950. The normalized spacial score (nSPS) is 13.2. The predicted molar refractivity (Wildman–Crippen MR) is 76.1 cm³/mol. The van der Waals surface area contributed by atoms with Gasteiger partial charge in [0.15, 0.2) is 0 Å². The van der Waals surface area contributed by atoms with Crippen LogP contribution in [-0.2, 0) is 6.42 Å². The van der Waals surface area contributed by atoms with Crippen LogP contribution in [0, 0.1) is 0 Å². The van der Waals surface area contributed by atoms with Gasteiger partial charge in [-0.3, -0.25) is 9.59 Å². The molecule has 20 heavy (non-hydrogen) atoms. The number of fused-ring (bicyclic) bond motifs is 1. The number of nitrogens with one attached hydrogen (secondary N) is 3. The van der Waals surface area contributed by atoms with Gasteiger partial charge in [0.2, 0.25) is 0 Å². The van der Waals surface area contributed by atoms with Crippen LogP contribution in [0.3, 0.4) is 0 Å². The van der Waals surface area contributed by atoms with Gasteiger partial charge in [-0.05, 0) is 36.6 Å². The molecule has 3 rings (SSSR count). The van der Waals surface area contributed by atoms with E-state index >= 15 is 0 Å². The van der Waals surface area contributed by atoms with Crippen LogP contribution in [0.2, 0.25) is 0 Å². The quantitative estimate of drug-likeness (QED) is 0.769. The first-order chi connectivity index (χ1) is 9.72. The lowest BCUT2D eigenvalue weighted by Crippen LogP contribution is -2.18. The third kappa shape index (κ3) is 2.54. The van der Waals surface area contributed by atoms with Crippen molar-refractivity contribution >= 4 is 17.3 Å². The number of aromatic amines is 1. The Balaban J connectivity index is 1.79. The summed E-state index contributed by atoms with van der Waals surface area (Å²) in [7, 11) is 0. The molecule has 0 spiro atoms. The second kappa shape index (κ2) is 5.16. The lowest BCUT2D eigenvalue weighted by Gasteiger charge is -2.18. The van der Waals surface area contributed by atoms with Crippen LogP contribution >= 0.6 is 0 Å². The highest BCUT2D eigenvalue weighted by Gasteiger charge is 2.11. The molecule has 0 atom stereocenters. The van der Waals surface area contributed by atoms with Gasteiger partial charge in [-0.2, -0.15) is 5.10 Å². The Morgan fingerprint density at radius 2 is 2.15 bits per heavy atom. The second-order valence-corrected chi connectivity index (χ2v) is 4.66. The summed E-state index contributed by atoms with van der Waals surface area (Å²) >= 11 is 0. The molecular formula is C14H14N4O2. The molecule has 3 N–H and O–H groups in total. The van der Waals surface area contributed by atoms with Gasteiger partial charge >= 0.3 is 0 Å². The molecule has 2 aromatic rings. The summed E-state index contributed by atoms with van der Waals surface area (Å²) in [5.74, 6) is -0.350. The minimum atomic E-state index is -0.350. The van der Waals surface area contributed by atoms with Crippen LogP contribution < -0.4 is 16.2 Å². The van der Waals surface area contributed by atoms with E-state index in [-0.39, 0.29) is 17.2 Å². The van der Waals surface area contributed by atoms with E-state index in [0.717, 1.165) is 25.1 Å². The molecule has 102 valence electrons. The molecule has 1 aromatic carbocycles. The van der Waals surface area contributed by atoms with Gasteiger partial charge in [-0.15, -0.1) is 0 Å². The minimum Gasteiger partial charge on any atom is -0.385 e. The van der Waals surface area contributed by atoms with Crippen molar-refractivity contribution in [2.75, 3.05) is 17.2 Å². The zero-order chi connectivity index (χ0) is 13.9. The molecule has 1 amide bonds. The van der Waals surface area contributed by atoms with Gasteiger partial charge in [-0.1, -0.05) is 6.07 Å². The van der Waals surface area contributed by atoms with Gasteiger partial charge in [0.05, 0.1) is 0 Å². The van der Waals surface area contributed by atoms with Crippen molar-refractivity contribution in [2.24, 2.45) is 0 Å². The number of H-pyrrole nitrogens is 1. The number of hydrogen-bond acceptors (Lipinski definition) is 4. The van der Waals surface area contributed by atoms with E-state index in [1.165, 1.54) is 17.7 Å². The summed E-state index contributed by atoms with van der Waals surface area (Å²) in [5, 5.41) is 12.0.